The molecule has 25 heavy (non-hydrogen) atoms. The molecule has 1 atom stereocenters. The first-order chi connectivity index (χ1) is 12.1. The molecule has 3 rings (SSSR count). The SMILES string of the molecule is CCN1C(=O)S[C@@H](Cc2ccccc2OCc2ccccc2F)C1=O. The van der Waals surface area contributed by atoms with Crippen molar-refractivity contribution in [1.29, 1.82) is 0 Å². The van der Waals surface area contributed by atoms with Gasteiger partial charge in [0.05, 0.1) is 5.25 Å². The molecule has 0 bridgehead atoms. The fraction of sp³-hybridized carbons (Fsp3) is 0.263. The maximum atomic E-state index is 13.7. The fourth-order valence-corrected chi connectivity index (χ4v) is 3.78. The zero-order chi connectivity index (χ0) is 17.8. The van der Waals surface area contributed by atoms with Gasteiger partial charge in [0.15, 0.2) is 0 Å². The minimum Gasteiger partial charge on any atom is -0.489 e. The second-order valence-electron chi connectivity index (χ2n) is 5.65. The quantitative estimate of drug-likeness (QED) is 0.781. The zero-order valence-corrected chi connectivity index (χ0v) is 14.6. The van der Waals surface area contributed by atoms with E-state index in [0.29, 0.717) is 24.3 Å². The fourth-order valence-electron chi connectivity index (χ4n) is 2.70. The van der Waals surface area contributed by atoms with E-state index >= 15 is 0 Å². The van der Waals surface area contributed by atoms with Gasteiger partial charge < -0.3 is 4.74 Å². The standard InChI is InChI=1S/C19H18FNO3S/c1-2-21-18(22)17(25-19(21)23)11-13-7-4-6-10-16(13)24-12-14-8-3-5-9-15(14)20/h3-10,17H,2,11-12H2,1H3/t17-/m0/s1. The molecule has 6 heteroatoms. The summed E-state index contributed by atoms with van der Waals surface area (Å²) < 4.78 is 19.5. The van der Waals surface area contributed by atoms with E-state index in [0.717, 1.165) is 17.3 Å². The number of halogens is 1. The van der Waals surface area contributed by atoms with E-state index in [1.807, 2.05) is 18.2 Å². The number of rotatable bonds is 6. The van der Waals surface area contributed by atoms with E-state index in [1.54, 1.807) is 31.2 Å². The van der Waals surface area contributed by atoms with Gasteiger partial charge in [0.25, 0.3) is 5.24 Å². The average molecular weight is 359 g/mol. The van der Waals surface area contributed by atoms with Gasteiger partial charge in [-0.1, -0.05) is 48.2 Å². The van der Waals surface area contributed by atoms with Crippen LogP contribution in [0.3, 0.4) is 0 Å². The molecule has 0 aromatic heterocycles. The number of thioether (sulfide) groups is 1. The molecular weight excluding hydrogens is 341 g/mol. The molecule has 0 saturated carbocycles. The number of hydrogen-bond acceptors (Lipinski definition) is 4. The van der Waals surface area contributed by atoms with Crippen LogP contribution in [0.1, 0.15) is 18.1 Å². The Morgan fingerprint density at radius 1 is 1.08 bits per heavy atom. The van der Waals surface area contributed by atoms with Crippen molar-refractivity contribution in [1.82, 2.24) is 4.90 Å². The Bertz CT molecular complexity index is 796. The van der Waals surface area contributed by atoms with E-state index in [2.05, 4.69) is 0 Å². The van der Waals surface area contributed by atoms with Gasteiger partial charge in [-0.3, -0.25) is 14.5 Å². The van der Waals surface area contributed by atoms with E-state index in [-0.39, 0.29) is 23.6 Å². The van der Waals surface area contributed by atoms with Gasteiger partial charge in [-0.05, 0) is 31.0 Å². The lowest BCUT2D eigenvalue weighted by atomic mass is 10.1. The van der Waals surface area contributed by atoms with Gasteiger partial charge >= 0.3 is 0 Å². The maximum absolute atomic E-state index is 13.7. The van der Waals surface area contributed by atoms with Crippen molar-refractivity contribution in [3.63, 3.8) is 0 Å². The van der Waals surface area contributed by atoms with Crippen molar-refractivity contribution >= 4 is 22.9 Å². The number of imide groups is 1. The highest BCUT2D eigenvalue weighted by Crippen LogP contribution is 2.32. The van der Waals surface area contributed by atoms with Crippen LogP contribution in [0.5, 0.6) is 5.75 Å². The number of amides is 2. The number of carbonyl (C=O) groups excluding carboxylic acids is 2. The van der Waals surface area contributed by atoms with Crippen LogP contribution >= 0.6 is 11.8 Å². The average Bonchev–Trinajstić information content (AvgIpc) is 2.88. The van der Waals surface area contributed by atoms with Crippen LogP contribution in [-0.4, -0.2) is 27.8 Å². The predicted octanol–water partition coefficient (Wildman–Crippen LogP) is 4.03. The minimum absolute atomic E-state index is 0.107. The zero-order valence-electron chi connectivity index (χ0n) is 13.8. The molecule has 0 aliphatic carbocycles. The second kappa shape index (κ2) is 7.70. The summed E-state index contributed by atoms with van der Waals surface area (Å²) in [4.78, 5) is 25.4. The molecule has 1 aliphatic rings. The third-order valence-electron chi connectivity index (χ3n) is 4.04. The Morgan fingerprint density at radius 2 is 1.76 bits per heavy atom. The van der Waals surface area contributed by atoms with Crippen LogP contribution in [0.4, 0.5) is 9.18 Å². The molecular formula is C19H18FNO3S. The van der Waals surface area contributed by atoms with Crippen molar-refractivity contribution in [2.45, 2.75) is 25.2 Å². The Kier molecular flexibility index (Phi) is 5.38. The summed E-state index contributed by atoms with van der Waals surface area (Å²) >= 11 is 1.05. The van der Waals surface area contributed by atoms with E-state index in [1.165, 1.54) is 11.0 Å². The van der Waals surface area contributed by atoms with Crippen molar-refractivity contribution < 1.29 is 18.7 Å². The van der Waals surface area contributed by atoms with Gasteiger partial charge in [-0.25, -0.2) is 4.39 Å². The lowest BCUT2D eigenvalue weighted by molar-refractivity contribution is -0.126. The summed E-state index contributed by atoms with van der Waals surface area (Å²) in [5.74, 6) is 0.119. The largest absolute Gasteiger partial charge is 0.489 e. The van der Waals surface area contributed by atoms with E-state index < -0.39 is 5.25 Å². The Hall–Kier alpha value is -2.34. The molecule has 2 amide bonds. The normalized spacial score (nSPS) is 17.2. The van der Waals surface area contributed by atoms with Gasteiger partial charge in [0.1, 0.15) is 18.2 Å². The Morgan fingerprint density at radius 3 is 2.44 bits per heavy atom. The van der Waals surface area contributed by atoms with Gasteiger partial charge in [0, 0.05) is 12.1 Å². The highest BCUT2D eigenvalue weighted by atomic mass is 32.2. The monoisotopic (exact) mass is 359 g/mol. The first-order valence-electron chi connectivity index (χ1n) is 8.06. The molecule has 2 aromatic carbocycles. The lowest BCUT2D eigenvalue weighted by Crippen LogP contribution is -2.31. The number of benzene rings is 2. The Balaban J connectivity index is 1.72. The number of carbonyl (C=O) groups is 2. The van der Waals surface area contributed by atoms with Crippen LogP contribution in [-0.2, 0) is 17.8 Å². The smallest absolute Gasteiger partial charge is 0.289 e. The summed E-state index contributed by atoms with van der Waals surface area (Å²) in [5, 5.41) is -0.645. The summed E-state index contributed by atoms with van der Waals surface area (Å²) in [5.41, 5.74) is 1.30. The number of hydrogen-bond donors (Lipinski definition) is 0. The lowest BCUT2D eigenvalue weighted by Gasteiger charge is -2.14. The van der Waals surface area contributed by atoms with Crippen LogP contribution in [0.25, 0.3) is 0 Å². The van der Waals surface area contributed by atoms with Crippen LogP contribution in [0, 0.1) is 5.82 Å². The van der Waals surface area contributed by atoms with Gasteiger partial charge in [-0.15, -0.1) is 0 Å². The van der Waals surface area contributed by atoms with Crippen LogP contribution < -0.4 is 4.74 Å². The number of ether oxygens (including phenoxy) is 1. The van der Waals surface area contributed by atoms with Crippen LogP contribution in [0.15, 0.2) is 48.5 Å². The van der Waals surface area contributed by atoms with E-state index in [9.17, 15) is 14.0 Å². The molecule has 1 saturated heterocycles. The molecule has 0 unspecified atom stereocenters. The Labute approximate surface area is 150 Å². The van der Waals surface area contributed by atoms with E-state index in [4.69, 9.17) is 4.74 Å². The predicted molar refractivity (Wildman–Crippen MR) is 95.0 cm³/mol. The number of para-hydroxylation sites is 1. The number of nitrogens with zero attached hydrogens (tertiary/aromatic N) is 1. The van der Waals surface area contributed by atoms with Crippen molar-refractivity contribution in [3.8, 4) is 5.75 Å². The summed E-state index contributed by atoms with van der Waals surface area (Å²) in [6.07, 6.45) is 0.402. The first kappa shape index (κ1) is 17.5. The highest BCUT2D eigenvalue weighted by molar-refractivity contribution is 8.15. The third-order valence-corrected chi connectivity index (χ3v) is 5.11. The first-order valence-corrected chi connectivity index (χ1v) is 8.94. The topological polar surface area (TPSA) is 46.6 Å². The summed E-state index contributed by atoms with van der Waals surface area (Å²) in [6, 6.07) is 13.8. The van der Waals surface area contributed by atoms with Crippen molar-refractivity contribution in [2.75, 3.05) is 6.54 Å². The second-order valence-corrected chi connectivity index (χ2v) is 6.80. The van der Waals surface area contributed by atoms with Crippen molar-refractivity contribution in [3.05, 3.63) is 65.5 Å². The van der Waals surface area contributed by atoms with Crippen LogP contribution in [0.2, 0.25) is 0 Å². The molecule has 2 aromatic rings. The molecule has 1 aliphatic heterocycles. The molecule has 1 fully saturated rings. The molecule has 0 N–H and O–H groups in total. The highest BCUT2D eigenvalue weighted by Gasteiger charge is 2.38. The summed E-state index contributed by atoms with van der Waals surface area (Å²) in [6.45, 7) is 2.27. The molecule has 130 valence electrons. The maximum Gasteiger partial charge on any atom is 0.289 e. The molecule has 4 nitrogen and oxygen atoms in total. The van der Waals surface area contributed by atoms with Crippen molar-refractivity contribution in [2.24, 2.45) is 0 Å². The minimum atomic E-state index is -0.439. The molecule has 0 radical (unpaired) electrons. The third kappa shape index (κ3) is 3.85. The molecule has 0 spiro atoms. The van der Waals surface area contributed by atoms with Gasteiger partial charge in [-0.2, -0.15) is 0 Å². The summed E-state index contributed by atoms with van der Waals surface area (Å²) in [7, 11) is 0. The molecule has 1 heterocycles. The van der Waals surface area contributed by atoms with Gasteiger partial charge in [0.2, 0.25) is 5.91 Å².